The Morgan fingerprint density at radius 3 is 2.70 bits per heavy atom. The van der Waals surface area contributed by atoms with Crippen molar-refractivity contribution in [2.75, 3.05) is 19.0 Å². The Balaban J connectivity index is 1.56. The van der Waals surface area contributed by atoms with Gasteiger partial charge in [-0.1, -0.05) is 31.2 Å². The van der Waals surface area contributed by atoms with E-state index in [1.54, 1.807) is 0 Å². The second kappa shape index (κ2) is 6.99. The highest BCUT2D eigenvalue weighted by Crippen LogP contribution is 2.34. The molecule has 1 atom stereocenters. The van der Waals surface area contributed by atoms with Crippen LogP contribution in [0.5, 0.6) is 5.75 Å². The molecule has 0 saturated heterocycles. The SMILES string of the molecule is CC[C@@H]1Cn2c(C(=O)NCc3ccc(N(C)C)cc3)cc3cccc(c32)O1. The predicted molar refractivity (Wildman–Crippen MR) is 109 cm³/mol. The molecule has 140 valence electrons. The molecule has 0 saturated carbocycles. The molecule has 1 aliphatic rings. The molecule has 5 heteroatoms. The summed E-state index contributed by atoms with van der Waals surface area (Å²) in [6, 6.07) is 16.2. The molecular weight excluding hydrogens is 338 g/mol. The molecule has 1 amide bonds. The zero-order valence-electron chi connectivity index (χ0n) is 16.0. The minimum atomic E-state index is -0.0504. The van der Waals surface area contributed by atoms with Gasteiger partial charge in [-0.2, -0.15) is 0 Å². The number of hydrogen-bond acceptors (Lipinski definition) is 3. The number of carbonyl (C=O) groups is 1. The molecule has 5 nitrogen and oxygen atoms in total. The van der Waals surface area contributed by atoms with Gasteiger partial charge in [-0.05, 0) is 36.2 Å². The highest BCUT2D eigenvalue weighted by molar-refractivity contribution is 6.00. The van der Waals surface area contributed by atoms with E-state index in [0.29, 0.717) is 18.8 Å². The van der Waals surface area contributed by atoms with Gasteiger partial charge in [0.2, 0.25) is 0 Å². The lowest BCUT2D eigenvalue weighted by atomic mass is 10.2. The molecule has 0 radical (unpaired) electrons. The Bertz CT molecular complexity index is 973. The number of ether oxygens (including phenoxy) is 1. The minimum Gasteiger partial charge on any atom is -0.486 e. The van der Waals surface area contributed by atoms with Gasteiger partial charge in [-0.25, -0.2) is 0 Å². The molecular formula is C22H25N3O2. The zero-order valence-corrected chi connectivity index (χ0v) is 16.0. The van der Waals surface area contributed by atoms with Crippen molar-refractivity contribution in [1.29, 1.82) is 0 Å². The zero-order chi connectivity index (χ0) is 19.0. The predicted octanol–water partition coefficient (Wildman–Crippen LogP) is 3.81. The van der Waals surface area contributed by atoms with Crippen LogP contribution in [0.4, 0.5) is 5.69 Å². The number of para-hydroxylation sites is 1. The van der Waals surface area contributed by atoms with Crippen LogP contribution in [0.1, 0.15) is 29.4 Å². The smallest absolute Gasteiger partial charge is 0.268 e. The van der Waals surface area contributed by atoms with Gasteiger partial charge in [-0.15, -0.1) is 0 Å². The van der Waals surface area contributed by atoms with Crippen LogP contribution in [0.25, 0.3) is 10.9 Å². The van der Waals surface area contributed by atoms with Crippen LogP contribution in [-0.4, -0.2) is 30.7 Å². The van der Waals surface area contributed by atoms with Crippen LogP contribution in [0, 0.1) is 0 Å². The number of nitrogens with one attached hydrogen (secondary N) is 1. The van der Waals surface area contributed by atoms with Gasteiger partial charge in [0.05, 0.1) is 12.1 Å². The first-order valence-electron chi connectivity index (χ1n) is 9.40. The van der Waals surface area contributed by atoms with Crippen molar-refractivity contribution in [3.63, 3.8) is 0 Å². The third-order valence-electron chi connectivity index (χ3n) is 5.16. The van der Waals surface area contributed by atoms with Crippen LogP contribution in [-0.2, 0) is 13.1 Å². The lowest BCUT2D eigenvalue weighted by molar-refractivity contribution is 0.0935. The van der Waals surface area contributed by atoms with E-state index in [9.17, 15) is 4.79 Å². The van der Waals surface area contributed by atoms with Gasteiger partial charge < -0.3 is 19.5 Å². The number of hydrogen-bond donors (Lipinski definition) is 1. The number of benzene rings is 2. The van der Waals surface area contributed by atoms with Gasteiger partial charge in [0.15, 0.2) is 0 Å². The van der Waals surface area contributed by atoms with Crippen molar-refractivity contribution in [2.45, 2.75) is 32.5 Å². The van der Waals surface area contributed by atoms with Crippen LogP contribution in [0.2, 0.25) is 0 Å². The van der Waals surface area contributed by atoms with Crippen molar-refractivity contribution in [1.82, 2.24) is 9.88 Å². The summed E-state index contributed by atoms with van der Waals surface area (Å²) in [5.41, 5.74) is 3.94. The van der Waals surface area contributed by atoms with E-state index in [2.05, 4.69) is 33.8 Å². The lowest BCUT2D eigenvalue weighted by Crippen LogP contribution is -2.31. The summed E-state index contributed by atoms with van der Waals surface area (Å²) in [5, 5.41) is 4.11. The summed E-state index contributed by atoms with van der Waals surface area (Å²) in [6.07, 6.45) is 1.01. The standard InChI is InChI=1S/C22H25N3O2/c1-4-18-14-25-19(12-16-6-5-7-20(27-18)21(16)25)22(26)23-13-15-8-10-17(11-9-15)24(2)3/h5-12,18H,4,13-14H2,1-3H3,(H,23,26)/t18-/m1/s1. The average molecular weight is 363 g/mol. The Morgan fingerprint density at radius 2 is 2.00 bits per heavy atom. The maximum Gasteiger partial charge on any atom is 0.268 e. The van der Waals surface area contributed by atoms with Crippen molar-refractivity contribution in [3.05, 3.63) is 59.8 Å². The van der Waals surface area contributed by atoms with Crippen molar-refractivity contribution < 1.29 is 9.53 Å². The summed E-state index contributed by atoms with van der Waals surface area (Å²) < 4.78 is 8.15. The van der Waals surface area contributed by atoms with E-state index in [1.165, 1.54) is 0 Å². The Hall–Kier alpha value is -2.95. The summed E-state index contributed by atoms with van der Waals surface area (Å²) in [5.74, 6) is 0.814. The first-order valence-corrected chi connectivity index (χ1v) is 9.40. The van der Waals surface area contributed by atoms with Crippen molar-refractivity contribution in [3.8, 4) is 5.75 Å². The van der Waals surface area contributed by atoms with Crippen LogP contribution in [0.3, 0.4) is 0 Å². The van der Waals surface area contributed by atoms with Crippen LogP contribution >= 0.6 is 0 Å². The number of rotatable bonds is 5. The summed E-state index contributed by atoms with van der Waals surface area (Å²) >= 11 is 0. The van der Waals surface area contributed by atoms with E-state index in [0.717, 1.165) is 34.3 Å². The maximum atomic E-state index is 12.9. The fourth-order valence-electron chi connectivity index (χ4n) is 3.58. The van der Waals surface area contributed by atoms with Gasteiger partial charge >= 0.3 is 0 Å². The maximum absolute atomic E-state index is 12.9. The Morgan fingerprint density at radius 1 is 1.22 bits per heavy atom. The molecule has 2 heterocycles. The topological polar surface area (TPSA) is 46.5 Å². The van der Waals surface area contributed by atoms with E-state index >= 15 is 0 Å². The Kier molecular flexibility index (Phi) is 4.52. The molecule has 1 aromatic heterocycles. The van der Waals surface area contributed by atoms with E-state index < -0.39 is 0 Å². The third kappa shape index (κ3) is 3.25. The van der Waals surface area contributed by atoms with E-state index in [4.69, 9.17) is 4.74 Å². The van der Waals surface area contributed by atoms with Gasteiger partial charge in [-0.3, -0.25) is 4.79 Å². The van der Waals surface area contributed by atoms with Crippen molar-refractivity contribution in [2.24, 2.45) is 0 Å². The first-order chi connectivity index (χ1) is 13.1. The molecule has 1 N–H and O–H groups in total. The molecule has 2 aromatic carbocycles. The number of anilines is 1. The van der Waals surface area contributed by atoms with Gasteiger partial charge in [0.25, 0.3) is 5.91 Å². The molecule has 1 aliphatic heterocycles. The van der Waals surface area contributed by atoms with E-state index in [-0.39, 0.29) is 12.0 Å². The molecule has 0 spiro atoms. The summed E-state index contributed by atoms with van der Waals surface area (Å²) in [6.45, 7) is 3.32. The first kappa shape index (κ1) is 17.5. The number of aromatic nitrogens is 1. The highest BCUT2D eigenvalue weighted by Gasteiger charge is 2.25. The molecule has 0 fully saturated rings. The summed E-state index contributed by atoms with van der Waals surface area (Å²) in [7, 11) is 4.03. The molecule has 4 rings (SSSR count). The molecule has 0 unspecified atom stereocenters. The van der Waals surface area contributed by atoms with Gasteiger partial charge in [0.1, 0.15) is 17.5 Å². The quantitative estimate of drug-likeness (QED) is 0.750. The lowest BCUT2D eigenvalue weighted by Gasteiger charge is -2.26. The second-order valence-corrected chi connectivity index (χ2v) is 7.23. The largest absolute Gasteiger partial charge is 0.486 e. The normalized spacial score (nSPS) is 15.4. The minimum absolute atomic E-state index is 0.0504. The third-order valence-corrected chi connectivity index (χ3v) is 5.16. The highest BCUT2D eigenvalue weighted by atomic mass is 16.5. The second-order valence-electron chi connectivity index (χ2n) is 7.23. The molecule has 3 aromatic rings. The molecule has 27 heavy (non-hydrogen) atoms. The number of carbonyl (C=O) groups excluding carboxylic acids is 1. The molecule has 0 aliphatic carbocycles. The van der Waals surface area contributed by atoms with E-state index in [1.807, 2.05) is 50.5 Å². The fraction of sp³-hybridized carbons (Fsp3) is 0.318. The van der Waals surface area contributed by atoms with Crippen molar-refractivity contribution >= 4 is 22.5 Å². The van der Waals surface area contributed by atoms with Crippen LogP contribution < -0.4 is 15.0 Å². The monoisotopic (exact) mass is 363 g/mol. The average Bonchev–Trinajstić information content (AvgIpc) is 3.06. The summed E-state index contributed by atoms with van der Waals surface area (Å²) in [4.78, 5) is 15.0. The van der Waals surface area contributed by atoms with Crippen LogP contribution in [0.15, 0.2) is 48.5 Å². The Labute approximate surface area is 159 Å². The molecule has 0 bridgehead atoms. The van der Waals surface area contributed by atoms with Gasteiger partial charge in [0, 0.05) is 31.7 Å². The fourth-order valence-corrected chi connectivity index (χ4v) is 3.58. The number of nitrogens with zero attached hydrogens (tertiary/aromatic N) is 2. The number of amides is 1.